The van der Waals surface area contributed by atoms with Crippen LogP contribution in [0.25, 0.3) is 22.2 Å². The number of rotatable bonds is 5. The number of nitrogens with zero attached hydrogens (tertiary/aromatic N) is 1. The molecule has 1 aromatic heterocycles. The van der Waals surface area contributed by atoms with Crippen molar-refractivity contribution in [2.24, 2.45) is 0 Å². The molecule has 154 valence electrons. The number of hydrogen-bond donors (Lipinski definition) is 2. The lowest BCUT2D eigenvalue weighted by Gasteiger charge is -2.08. The van der Waals surface area contributed by atoms with E-state index in [9.17, 15) is 18.3 Å². The molecule has 4 aromatic rings. The maximum atomic E-state index is 12.6. The maximum absolute atomic E-state index is 12.6. The van der Waals surface area contributed by atoms with E-state index >= 15 is 0 Å². The second-order valence-corrected chi connectivity index (χ2v) is 7.03. The van der Waals surface area contributed by atoms with Gasteiger partial charge < -0.3 is 14.8 Å². The highest BCUT2D eigenvalue weighted by Crippen LogP contribution is 2.30. The van der Waals surface area contributed by atoms with Crippen molar-refractivity contribution in [1.82, 2.24) is 9.97 Å². The second kappa shape index (κ2) is 7.84. The lowest BCUT2D eigenvalue weighted by Crippen LogP contribution is -2.04. The summed E-state index contributed by atoms with van der Waals surface area (Å²) in [6, 6.07) is 18.0. The monoisotopic (exact) mass is 412 g/mol. The van der Waals surface area contributed by atoms with Crippen LogP contribution in [0.15, 0.2) is 66.7 Å². The first-order chi connectivity index (χ1) is 14.3. The minimum Gasteiger partial charge on any atom is -0.486 e. The first-order valence-corrected chi connectivity index (χ1v) is 9.37. The van der Waals surface area contributed by atoms with Crippen LogP contribution in [-0.2, 0) is 12.8 Å². The van der Waals surface area contributed by atoms with Crippen LogP contribution in [0.5, 0.6) is 5.75 Å². The van der Waals surface area contributed by atoms with E-state index in [0.717, 1.165) is 39.9 Å². The van der Waals surface area contributed by atoms with Crippen molar-refractivity contribution in [3.8, 4) is 16.9 Å². The molecule has 0 fully saturated rings. The van der Waals surface area contributed by atoms with Crippen molar-refractivity contribution >= 4 is 11.0 Å². The number of aliphatic hydroxyl groups is 1. The van der Waals surface area contributed by atoms with E-state index in [1.807, 2.05) is 42.5 Å². The Balaban J connectivity index is 1.51. The van der Waals surface area contributed by atoms with Crippen LogP contribution >= 0.6 is 0 Å². The molecular weight excluding hydrogens is 393 g/mol. The number of benzene rings is 3. The smallest absolute Gasteiger partial charge is 0.416 e. The second-order valence-electron chi connectivity index (χ2n) is 7.03. The summed E-state index contributed by atoms with van der Waals surface area (Å²) in [5.41, 5.74) is 3.65. The summed E-state index contributed by atoms with van der Waals surface area (Å²) in [6.07, 6.45) is -4.92. The molecule has 0 aliphatic rings. The molecular formula is C23H19F3N2O2. The highest BCUT2D eigenvalue weighted by atomic mass is 19.4. The summed E-state index contributed by atoms with van der Waals surface area (Å²) >= 11 is 0. The van der Waals surface area contributed by atoms with Gasteiger partial charge in [-0.25, -0.2) is 4.98 Å². The highest BCUT2D eigenvalue weighted by molar-refractivity contribution is 5.82. The Morgan fingerprint density at radius 1 is 1.00 bits per heavy atom. The van der Waals surface area contributed by atoms with E-state index < -0.39 is 17.8 Å². The van der Waals surface area contributed by atoms with Crippen LogP contribution in [0.4, 0.5) is 13.2 Å². The van der Waals surface area contributed by atoms with Crippen molar-refractivity contribution in [1.29, 1.82) is 0 Å². The number of nitrogens with one attached hydrogen (secondary N) is 1. The molecule has 1 unspecified atom stereocenters. The summed E-state index contributed by atoms with van der Waals surface area (Å²) in [5.74, 6) is 0.902. The van der Waals surface area contributed by atoms with Crippen molar-refractivity contribution < 1.29 is 23.0 Å². The molecule has 2 N–H and O–H groups in total. The molecule has 4 rings (SSSR count). The summed E-state index contributed by atoms with van der Waals surface area (Å²) in [4.78, 5) is 7.65. The first kappa shape index (κ1) is 20.0. The Morgan fingerprint density at radius 3 is 2.43 bits per heavy atom. The number of ether oxygens (including phenoxy) is 1. The van der Waals surface area contributed by atoms with Crippen molar-refractivity contribution in [2.75, 3.05) is 0 Å². The topological polar surface area (TPSA) is 58.1 Å². The van der Waals surface area contributed by atoms with Gasteiger partial charge in [0.1, 0.15) is 18.2 Å². The number of hydrogen-bond acceptors (Lipinski definition) is 3. The molecule has 30 heavy (non-hydrogen) atoms. The number of aromatic amines is 1. The Labute approximate surface area is 171 Å². The summed E-state index contributed by atoms with van der Waals surface area (Å²) < 4.78 is 43.5. The van der Waals surface area contributed by atoms with Crippen LogP contribution in [0, 0.1) is 0 Å². The predicted molar refractivity (Wildman–Crippen MR) is 108 cm³/mol. The van der Waals surface area contributed by atoms with Crippen molar-refractivity contribution in [2.45, 2.75) is 25.8 Å². The predicted octanol–water partition coefficient (Wildman–Crippen LogP) is 5.88. The molecule has 0 bridgehead atoms. The summed E-state index contributed by atoms with van der Waals surface area (Å²) in [5, 5.41) is 9.79. The Bertz CT molecular complexity index is 1170. The SMILES string of the molecule is CC(O)c1cccc(-c2ccc3nc(COc4ccc(C(F)(F)F)cc4)[nH]c3c2)c1. The van der Waals surface area contributed by atoms with Gasteiger partial charge >= 0.3 is 6.18 Å². The molecule has 4 nitrogen and oxygen atoms in total. The van der Waals surface area contributed by atoms with Gasteiger partial charge in [-0.3, -0.25) is 0 Å². The summed E-state index contributed by atoms with van der Waals surface area (Å²) in [7, 11) is 0. The van der Waals surface area contributed by atoms with Gasteiger partial charge in [0.15, 0.2) is 0 Å². The number of aliphatic hydroxyl groups excluding tert-OH is 1. The molecule has 1 atom stereocenters. The van der Waals surface area contributed by atoms with Crippen LogP contribution in [0.1, 0.15) is 30.0 Å². The standard InChI is InChI=1S/C23H19F3N2O2/c1-14(29)15-3-2-4-16(11-15)17-5-10-20-21(12-17)28-22(27-20)13-30-19-8-6-18(7-9-19)23(24,25)26/h2-12,14,29H,13H2,1H3,(H,27,28). The molecule has 0 radical (unpaired) electrons. The minimum atomic E-state index is -4.37. The number of halogens is 3. The zero-order chi connectivity index (χ0) is 21.3. The Morgan fingerprint density at radius 2 is 1.73 bits per heavy atom. The van der Waals surface area contributed by atoms with Crippen molar-refractivity contribution in [3.63, 3.8) is 0 Å². The Hall–Kier alpha value is -3.32. The van der Waals surface area contributed by atoms with E-state index in [0.29, 0.717) is 11.6 Å². The van der Waals surface area contributed by atoms with Gasteiger partial charge in [-0.1, -0.05) is 24.3 Å². The molecule has 0 saturated carbocycles. The third kappa shape index (κ3) is 4.31. The number of fused-ring (bicyclic) bond motifs is 1. The van der Waals surface area contributed by atoms with Gasteiger partial charge in [0, 0.05) is 0 Å². The third-order valence-corrected chi connectivity index (χ3v) is 4.79. The van der Waals surface area contributed by atoms with E-state index in [-0.39, 0.29) is 6.61 Å². The lowest BCUT2D eigenvalue weighted by atomic mass is 10.0. The van der Waals surface area contributed by atoms with Crippen LogP contribution < -0.4 is 4.74 Å². The van der Waals surface area contributed by atoms with Gasteiger partial charge in [0.25, 0.3) is 0 Å². The number of alkyl halides is 3. The number of aromatic nitrogens is 2. The van der Waals surface area contributed by atoms with E-state index in [2.05, 4.69) is 9.97 Å². The first-order valence-electron chi connectivity index (χ1n) is 9.37. The van der Waals surface area contributed by atoms with E-state index in [4.69, 9.17) is 4.74 Å². The lowest BCUT2D eigenvalue weighted by molar-refractivity contribution is -0.137. The zero-order valence-corrected chi connectivity index (χ0v) is 16.1. The number of imidazole rings is 1. The van der Waals surface area contributed by atoms with Gasteiger partial charge in [0.2, 0.25) is 0 Å². The molecule has 0 aliphatic carbocycles. The van der Waals surface area contributed by atoms with E-state index in [1.165, 1.54) is 12.1 Å². The highest BCUT2D eigenvalue weighted by Gasteiger charge is 2.30. The fraction of sp³-hybridized carbons (Fsp3) is 0.174. The molecule has 0 saturated heterocycles. The van der Waals surface area contributed by atoms with Gasteiger partial charge in [-0.2, -0.15) is 13.2 Å². The summed E-state index contributed by atoms with van der Waals surface area (Å²) in [6.45, 7) is 1.83. The number of H-pyrrole nitrogens is 1. The molecule has 0 spiro atoms. The fourth-order valence-electron chi connectivity index (χ4n) is 3.18. The maximum Gasteiger partial charge on any atom is 0.416 e. The fourth-order valence-corrected chi connectivity index (χ4v) is 3.18. The minimum absolute atomic E-state index is 0.104. The molecule has 0 amide bonds. The average molecular weight is 412 g/mol. The van der Waals surface area contributed by atoms with Gasteiger partial charge in [-0.15, -0.1) is 0 Å². The van der Waals surface area contributed by atoms with Gasteiger partial charge in [0.05, 0.1) is 22.7 Å². The van der Waals surface area contributed by atoms with Crippen LogP contribution in [-0.4, -0.2) is 15.1 Å². The van der Waals surface area contributed by atoms with Crippen LogP contribution in [0.2, 0.25) is 0 Å². The van der Waals surface area contributed by atoms with Gasteiger partial charge in [-0.05, 0) is 66.1 Å². The normalized spacial score (nSPS) is 12.8. The molecule has 1 heterocycles. The zero-order valence-electron chi connectivity index (χ0n) is 16.1. The molecule has 7 heteroatoms. The largest absolute Gasteiger partial charge is 0.486 e. The van der Waals surface area contributed by atoms with Crippen LogP contribution in [0.3, 0.4) is 0 Å². The quantitative estimate of drug-likeness (QED) is 0.430. The van der Waals surface area contributed by atoms with E-state index in [1.54, 1.807) is 6.92 Å². The molecule has 0 aliphatic heterocycles. The average Bonchev–Trinajstić information content (AvgIpc) is 3.14. The molecule has 3 aromatic carbocycles. The third-order valence-electron chi connectivity index (χ3n) is 4.79. The Kier molecular flexibility index (Phi) is 5.22. The van der Waals surface area contributed by atoms with Crippen molar-refractivity contribution in [3.05, 3.63) is 83.7 Å².